The maximum Gasteiger partial charge on any atom is 0.321 e. The van der Waals surface area contributed by atoms with Crippen molar-refractivity contribution in [3.63, 3.8) is 0 Å². The van der Waals surface area contributed by atoms with Crippen LogP contribution in [0, 0.1) is 5.82 Å². The van der Waals surface area contributed by atoms with Gasteiger partial charge in [-0.15, -0.1) is 0 Å². The number of H-pyrrole nitrogens is 1. The van der Waals surface area contributed by atoms with Gasteiger partial charge in [-0.1, -0.05) is 11.6 Å². The minimum Gasteiger partial charge on any atom is -0.324 e. The fourth-order valence-corrected chi connectivity index (χ4v) is 3.30. The lowest BCUT2D eigenvalue weighted by atomic mass is 9.96. The summed E-state index contributed by atoms with van der Waals surface area (Å²) in [5.41, 5.74) is 1.07. The number of aromatic amines is 1. The molecule has 0 aliphatic carbocycles. The van der Waals surface area contributed by atoms with Gasteiger partial charge in [0.05, 0.1) is 11.2 Å². The number of benzene rings is 1. The van der Waals surface area contributed by atoms with Crippen LogP contribution in [0.5, 0.6) is 0 Å². The second kappa shape index (κ2) is 7.89. The van der Waals surface area contributed by atoms with Gasteiger partial charge in [-0.25, -0.2) is 19.2 Å². The van der Waals surface area contributed by atoms with Gasteiger partial charge in [-0.05, 0) is 31.0 Å². The van der Waals surface area contributed by atoms with Crippen molar-refractivity contribution < 1.29 is 9.18 Å². The number of hydrogen-bond donors (Lipinski definition) is 2. The minimum absolute atomic E-state index is 0.0271. The smallest absolute Gasteiger partial charge is 0.321 e. The van der Waals surface area contributed by atoms with Crippen molar-refractivity contribution in [3.05, 3.63) is 53.5 Å². The molecule has 28 heavy (non-hydrogen) atoms. The highest BCUT2D eigenvalue weighted by atomic mass is 35.5. The average molecular weight is 402 g/mol. The fraction of sp³-hybridized carbons (Fsp3) is 0.278. The molecule has 1 aliphatic rings. The second-order valence-electron chi connectivity index (χ2n) is 6.46. The summed E-state index contributed by atoms with van der Waals surface area (Å²) >= 11 is 5.75. The molecule has 144 valence electrons. The molecule has 0 unspecified atom stereocenters. The van der Waals surface area contributed by atoms with Crippen LogP contribution >= 0.6 is 11.6 Å². The zero-order valence-corrected chi connectivity index (χ0v) is 15.5. The molecule has 10 heteroatoms. The van der Waals surface area contributed by atoms with Gasteiger partial charge in [-0.3, -0.25) is 10.1 Å². The first kappa shape index (κ1) is 18.3. The molecule has 0 atom stereocenters. The van der Waals surface area contributed by atoms with Crippen LogP contribution in [-0.4, -0.2) is 49.2 Å². The number of halogens is 2. The standard InChI is InChI=1S/C18H17ClFN7O/c19-13-9-12(1-2-14(13)20)23-18(28)27-7-3-11(4-8-27)16-24-17(26-25-16)15-10-21-5-6-22-15/h1-2,5-6,9-11H,3-4,7-8H2,(H,23,28)(H,24,25,26). The van der Waals surface area contributed by atoms with E-state index in [-0.39, 0.29) is 17.0 Å². The van der Waals surface area contributed by atoms with Crippen molar-refractivity contribution in [1.29, 1.82) is 0 Å². The Morgan fingerprint density at radius 3 is 2.82 bits per heavy atom. The Morgan fingerprint density at radius 1 is 1.29 bits per heavy atom. The Kier molecular flexibility index (Phi) is 5.16. The van der Waals surface area contributed by atoms with E-state index in [4.69, 9.17) is 11.6 Å². The molecular formula is C18H17ClFN7O. The number of nitrogens with one attached hydrogen (secondary N) is 2. The van der Waals surface area contributed by atoms with Gasteiger partial charge in [0, 0.05) is 37.1 Å². The normalized spacial score (nSPS) is 14.9. The Morgan fingerprint density at radius 2 is 2.11 bits per heavy atom. The molecule has 4 rings (SSSR count). The molecule has 1 saturated heterocycles. The first-order valence-electron chi connectivity index (χ1n) is 8.80. The number of hydrogen-bond acceptors (Lipinski definition) is 5. The summed E-state index contributed by atoms with van der Waals surface area (Å²) < 4.78 is 13.2. The zero-order chi connectivity index (χ0) is 19.5. The molecule has 1 aliphatic heterocycles. The predicted molar refractivity (Wildman–Crippen MR) is 101 cm³/mol. The van der Waals surface area contributed by atoms with E-state index in [1.807, 2.05) is 0 Å². The second-order valence-corrected chi connectivity index (χ2v) is 6.86. The van der Waals surface area contributed by atoms with Crippen molar-refractivity contribution in [2.24, 2.45) is 0 Å². The molecule has 0 bridgehead atoms. The van der Waals surface area contributed by atoms with Crippen molar-refractivity contribution in [1.82, 2.24) is 30.0 Å². The van der Waals surface area contributed by atoms with Crippen LogP contribution in [0.3, 0.4) is 0 Å². The Labute approximate surface area is 165 Å². The Bertz CT molecular complexity index is 973. The third kappa shape index (κ3) is 3.94. The lowest BCUT2D eigenvalue weighted by Gasteiger charge is -2.31. The van der Waals surface area contributed by atoms with Gasteiger partial charge in [0.25, 0.3) is 0 Å². The molecule has 2 N–H and O–H groups in total. The van der Waals surface area contributed by atoms with Gasteiger partial charge in [0.2, 0.25) is 5.82 Å². The van der Waals surface area contributed by atoms with Crippen LogP contribution < -0.4 is 5.32 Å². The highest BCUT2D eigenvalue weighted by Gasteiger charge is 2.26. The summed E-state index contributed by atoms with van der Waals surface area (Å²) in [7, 11) is 0. The third-order valence-corrected chi connectivity index (χ3v) is 4.92. The lowest BCUT2D eigenvalue weighted by Crippen LogP contribution is -2.40. The number of anilines is 1. The summed E-state index contributed by atoms with van der Waals surface area (Å²) in [5, 5.41) is 9.90. The molecule has 0 spiro atoms. The van der Waals surface area contributed by atoms with Crippen LogP contribution in [0.4, 0.5) is 14.9 Å². The molecule has 2 aromatic heterocycles. The van der Waals surface area contributed by atoms with Crippen LogP contribution in [0.2, 0.25) is 5.02 Å². The highest BCUT2D eigenvalue weighted by molar-refractivity contribution is 6.31. The molecule has 0 saturated carbocycles. The van der Waals surface area contributed by atoms with Crippen molar-refractivity contribution in [2.45, 2.75) is 18.8 Å². The van der Waals surface area contributed by atoms with Gasteiger partial charge in [0.1, 0.15) is 17.3 Å². The monoisotopic (exact) mass is 401 g/mol. The van der Waals surface area contributed by atoms with E-state index < -0.39 is 5.82 Å². The van der Waals surface area contributed by atoms with E-state index in [1.165, 1.54) is 18.2 Å². The first-order valence-corrected chi connectivity index (χ1v) is 9.17. The zero-order valence-electron chi connectivity index (χ0n) is 14.8. The van der Waals surface area contributed by atoms with Gasteiger partial charge < -0.3 is 10.2 Å². The number of rotatable bonds is 3. The summed E-state index contributed by atoms with van der Waals surface area (Å²) in [6.45, 7) is 1.15. The quantitative estimate of drug-likeness (QED) is 0.700. The minimum atomic E-state index is -0.520. The topological polar surface area (TPSA) is 99.7 Å². The fourth-order valence-electron chi connectivity index (χ4n) is 3.12. The number of piperidine rings is 1. The molecule has 8 nitrogen and oxygen atoms in total. The number of nitrogens with zero attached hydrogens (tertiary/aromatic N) is 5. The van der Waals surface area contributed by atoms with E-state index in [9.17, 15) is 9.18 Å². The summed E-state index contributed by atoms with van der Waals surface area (Å²) in [6, 6.07) is 3.86. The third-order valence-electron chi connectivity index (χ3n) is 4.63. The van der Waals surface area contributed by atoms with Crippen LogP contribution in [0.1, 0.15) is 24.6 Å². The van der Waals surface area contributed by atoms with Gasteiger partial charge in [0.15, 0.2) is 0 Å². The van der Waals surface area contributed by atoms with E-state index in [1.54, 1.807) is 23.5 Å². The maximum absolute atomic E-state index is 13.2. The molecule has 1 fully saturated rings. The summed E-state index contributed by atoms with van der Waals surface area (Å²) in [4.78, 5) is 26.9. The number of urea groups is 1. The van der Waals surface area contributed by atoms with Crippen LogP contribution in [0.25, 0.3) is 11.5 Å². The molecule has 3 aromatic rings. The number of carbonyl (C=O) groups excluding carboxylic acids is 1. The molecule has 2 amide bonds. The molecular weight excluding hydrogens is 385 g/mol. The summed E-state index contributed by atoms with van der Waals surface area (Å²) in [6.07, 6.45) is 6.31. The number of amides is 2. The number of aromatic nitrogens is 5. The lowest BCUT2D eigenvalue weighted by molar-refractivity contribution is 0.193. The predicted octanol–water partition coefficient (Wildman–Crippen LogP) is 3.47. The largest absolute Gasteiger partial charge is 0.324 e. The molecule has 0 radical (unpaired) electrons. The van der Waals surface area contributed by atoms with E-state index in [0.717, 1.165) is 18.7 Å². The number of likely N-dealkylation sites (tertiary alicyclic amines) is 1. The Hall–Kier alpha value is -3.07. The number of carbonyl (C=O) groups is 1. The average Bonchev–Trinajstić information content (AvgIpc) is 3.22. The first-order chi connectivity index (χ1) is 13.6. The SMILES string of the molecule is O=C(Nc1ccc(F)c(Cl)c1)N1CCC(c2nc(-c3cnccn3)n[nH]2)CC1. The molecule has 3 heterocycles. The summed E-state index contributed by atoms with van der Waals surface area (Å²) in [5.74, 6) is 0.957. The Balaban J connectivity index is 1.35. The van der Waals surface area contributed by atoms with Crippen LogP contribution in [0.15, 0.2) is 36.8 Å². The highest BCUT2D eigenvalue weighted by Crippen LogP contribution is 2.27. The van der Waals surface area contributed by atoms with E-state index >= 15 is 0 Å². The maximum atomic E-state index is 13.2. The molecule has 1 aromatic carbocycles. The van der Waals surface area contributed by atoms with Gasteiger partial charge >= 0.3 is 6.03 Å². The van der Waals surface area contributed by atoms with Crippen LogP contribution in [-0.2, 0) is 0 Å². The van der Waals surface area contributed by atoms with Crippen molar-refractivity contribution in [3.8, 4) is 11.5 Å². The van der Waals surface area contributed by atoms with Crippen molar-refractivity contribution >= 4 is 23.3 Å². The van der Waals surface area contributed by atoms with Crippen molar-refractivity contribution in [2.75, 3.05) is 18.4 Å². The van der Waals surface area contributed by atoms with E-state index in [0.29, 0.717) is 30.3 Å². The van der Waals surface area contributed by atoms with Gasteiger partial charge in [-0.2, -0.15) is 5.10 Å². The van der Waals surface area contributed by atoms with E-state index in [2.05, 4.69) is 30.5 Å².